The summed E-state index contributed by atoms with van der Waals surface area (Å²) >= 11 is 0. The maximum absolute atomic E-state index is 13.2. The molecular formula is C29H27N7O3. The molecule has 6 rings (SSSR count). The number of amides is 1. The number of amidine groups is 1. The molecule has 3 aliphatic rings. The van der Waals surface area contributed by atoms with Gasteiger partial charge in [0.2, 0.25) is 11.9 Å². The van der Waals surface area contributed by atoms with Gasteiger partial charge in [0.1, 0.15) is 0 Å². The molecule has 2 unspecified atom stereocenters. The van der Waals surface area contributed by atoms with Gasteiger partial charge in [0.15, 0.2) is 0 Å². The molecule has 196 valence electrons. The first-order valence-electron chi connectivity index (χ1n) is 12.7. The molecule has 3 aromatic carbocycles. The van der Waals surface area contributed by atoms with E-state index >= 15 is 0 Å². The number of nitrogens with zero attached hydrogens (tertiary/aromatic N) is 4. The molecular weight excluding hydrogens is 494 g/mol. The van der Waals surface area contributed by atoms with Crippen molar-refractivity contribution >= 4 is 29.0 Å². The Morgan fingerprint density at radius 3 is 2.64 bits per heavy atom. The molecule has 0 bridgehead atoms. The summed E-state index contributed by atoms with van der Waals surface area (Å²) in [5.41, 5.74) is 10.4. The number of hydrazine groups is 1. The van der Waals surface area contributed by atoms with E-state index in [9.17, 15) is 10.1 Å². The first-order chi connectivity index (χ1) is 19.0. The standard InChI is InChI=1S/C29H27N7O3/c1-29(22-12-11-19(18-30)17-24(22)36-13-15-38-16-14-36)35-34-28(39-29)33-26-27(37)31-23-10-6-5-9-21(23)25(32-26)20-7-3-2-4-8-20/h2-12,17,26,35H,13-16H2,1H3,(H,31,37)(H,33,34). The lowest BCUT2D eigenvalue weighted by Crippen LogP contribution is -2.43. The number of ether oxygens (including phenoxy) is 2. The maximum atomic E-state index is 13.2. The molecule has 3 aromatic rings. The summed E-state index contributed by atoms with van der Waals surface area (Å²) < 4.78 is 11.8. The van der Waals surface area contributed by atoms with E-state index < -0.39 is 11.9 Å². The van der Waals surface area contributed by atoms with Gasteiger partial charge < -0.3 is 19.7 Å². The zero-order chi connectivity index (χ0) is 26.8. The summed E-state index contributed by atoms with van der Waals surface area (Å²) in [5.74, 6) is -0.368. The second-order valence-electron chi connectivity index (χ2n) is 9.51. The molecule has 0 spiro atoms. The van der Waals surface area contributed by atoms with Gasteiger partial charge in [-0.15, -0.1) is 0 Å². The average molecular weight is 522 g/mol. The Morgan fingerprint density at radius 2 is 1.85 bits per heavy atom. The highest BCUT2D eigenvalue weighted by Gasteiger charge is 2.40. The molecule has 3 N–H and O–H groups in total. The molecule has 3 heterocycles. The van der Waals surface area contributed by atoms with Crippen molar-refractivity contribution in [2.24, 2.45) is 9.98 Å². The Hall–Kier alpha value is -4.72. The lowest BCUT2D eigenvalue weighted by Gasteiger charge is -2.34. The first kappa shape index (κ1) is 24.6. The number of fused-ring (bicyclic) bond motifs is 1. The number of aliphatic imine (C=N–C) groups is 2. The predicted octanol–water partition coefficient (Wildman–Crippen LogP) is 2.86. The molecule has 0 aliphatic carbocycles. The second-order valence-corrected chi connectivity index (χ2v) is 9.51. The minimum absolute atomic E-state index is 0.136. The van der Waals surface area contributed by atoms with E-state index in [0.29, 0.717) is 43.3 Å². The molecule has 2 fully saturated rings. The second kappa shape index (κ2) is 10.2. The smallest absolute Gasteiger partial charge is 0.304 e. The zero-order valence-electron chi connectivity index (χ0n) is 21.3. The number of morpholine rings is 1. The van der Waals surface area contributed by atoms with Gasteiger partial charge in [-0.05, 0) is 25.1 Å². The van der Waals surface area contributed by atoms with Crippen LogP contribution in [0, 0.1) is 11.3 Å². The fourth-order valence-corrected chi connectivity index (χ4v) is 4.94. The Kier molecular flexibility index (Phi) is 6.44. The van der Waals surface area contributed by atoms with E-state index in [0.717, 1.165) is 22.4 Å². The molecule has 0 aromatic heterocycles. The van der Waals surface area contributed by atoms with Crippen molar-refractivity contribution in [2.45, 2.75) is 18.8 Å². The fraction of sp³-hybridized carbons (Fsp3) is 0.241. The highest BCUT2D eigenvalue weighted by molar-refractivity contribution is 6.19. The maximum Gasteiger partial charge on any atom is 0.304 e. The van der Waals surface area contributed by atoms with E-state index in [1.54, 1.807) is 6.07 Å². The van der Waals surface area contributed by atoms with Gasteiger partial charge in [-0.3, -0.25) is 10.2 Å². The first-order valence-corrected chi connectivity index (χ1v) is 12.7. The van der Waals surface area contributed by atoms with Crippen LogP contribution >= 0.6 is 0 Å². The Labute approximate surface area is 225 Å². The van der Waals surface area contributed by atoms with Gasteiger partial charge in [0.25, 0.3) is 5.91 Å². The molecule has 10 heteroatoms. The monoisotopic (exact) mass is 521 g/mol. The molecule has 0 saturated carbocycles. The van der Waals surface area contributed by atoms with Crippen LogP contribution in [0.25, 0.3) is 0 Å². The van der Waals surface area contributed by atoms with Crippen molar-refractivity contribution < 1.29 is 14.3 Å². The van der Waals surface area contributed by atoms with Gasteiger partial charge >= 0.3 is 6.02 Å². The molecule has 2 saturated heterocycles. The topological polar surface area (TPSA) is 123 Å². The molecule has 0 radical (unpaired) electrons. The number of nitrogens with one attached hydrogen (secondary N) is 3. The van der Waals surface area contributed by atoms with Crippen LogP contribution in [0.4, 0.5) is 11.4 Å². The van der Waals surface area contributed by atoms with Crippen molar-refractivity contribution in [1.82, 2.24) is 10.9 Å². The van der Waals surface area contributed by atoms with Gasteiger partial charge in [0.05, 0.1) is 36.2 Å². The van der Waals surface area contributed by atoms with Gasteiger partial charge in [0, 0.05) is 35.5 Å². The summed E-state index contributed by atoms with van der Waals surface area (Å²) in [7, 11) is 0. The molecule has 1 amide bonds. The van der Waals surface area contributed by atoms with Crippen LogP contribution in [0.2, 0.25) is 0 Å². The van der Waals surface area contributed by atoms with Crippen LogP contribution in [-0.2, 0) is 20.0 Å². The van der Waals surface area contributed by atoms with Crippen LogP contribution < -0.4 is 21.1 Å². The highest BCUT2D eigenvalue weighted by Crippen LogP contribution is 2.35. The van der Waals surface area contributed by atoms with Crippen molar-refractivity contribution in [3.8, 4) is 6.07 Å². The van der Waals surface area contributed by atoms with Crippen molar-refractivity contribution in [3.05, 3.63) is 95.1 Å². The van der Waals surface area contributed by atoms with Crippen LogP contribution in [-0.4, -0.2) is 50.1 Å². The summed E-state index contributed by atoms with van der Waals surface area (Å²) in [6.07, 6.45) is -1.08. The van der Waals surface area contributed by atoms with Crippen LogP contribution in [0.5, 0.6) is 0 Å². The predicted molar refractivity (Wildman–Crippen MR) is 147 cm³/mol. The zero-order valence-corrected chi connectivity index (χ0v) is 21.3. The van der Waals surface area contributed by atoms with Gasteiger partial charge in [-0.2, -0.15) is 15.7 Å². The number of nitriles is 1. The van der Waals surface area contributed by atoms with E-state index in [4.69, 9.17) is 14.5 Å². The summed E-state index contributed by atoms with van der Waals surface area (Å²) in [5, 5.41) is 12.4. The number of benzene rings is 3. The van der Waals surface area contributed by atoms with Crippen LogP contribution in [0.1, 0.15) is 29.2 Å². The summed E-state index contributed by atoms with van der Waals surface area (Å²) in [4.78, 5) is 24.7. The third kappa shape index (κ3) is 4.81. The number of anilines is 2. The van der Waals surface area contributed by atoms with Gasteiger partial charge in [-0.25, -0.2) is 4.99 Å². The minimum atomic E-state index is -1.08. The van der Waals surface area contributed by atoms with E-state index in [1.165, 1.54) is 0 Å². The Bertz CT molecular complexity index is 1510. The normalized spacial score (nSPS) is 23.5. The van der Waals surface area contributed by atoms with Crippen molar-refractivity contribution in [2.75, 3.05) is 36.5 Å². The molecule has 39 heavy (non-hydrogen) atoms. The third-order valence-electron chi connectivity index (χ3n) is 6.91. The van der Waals surface area contributed by atoms with E-state index in [-0.39, 0.29) is 11.9 Å². The molecule has 2 atom stereocenters. The van der Waals surface area contributed by atoms with E-state index in [2.05, 4.69) is 32.1 Å². The lowest BCUT2D eigenvalue weighted by molar-refractivity contribution is -0.117. The van der Waals surface area contributed by atoms with Crippen molar-refractivity contribution in [1.29, 1.82) is 5.26 Å². The number of carbonyl (C=O) groups excluding carboxylic acids is 1. The fourth-order valence-electron chi connectivity index (χ4n) is 4.94. The van der Waals surface area contributed by atoms with Crippen LogP contribution in [0.3, 0.4) is 0 Å². The third-order valence-corrected chi connectivity index (χ3v) is 6.91. The lowest BCUT2D eigenvalue weighted by atomic mass is 9.99. The summed E-state index contributed by atoms with van der Waals surface area (Å²) in [6, 6.07) is 25.1. The van der Waals surface area contributed by atoms with Crippen LogP contribution in [0.15, 0.2) is 82.8 Å². The number of carbonyl (C=O) groups is 1. The van der Waals surface area contributed by atoms with E-state index in [1.807, 2.05) is 73.7 Å². The number of rotatable bonds is 4. The number of benzodiazepines with no additional fused rings is 1. The summed E-state index contributed by atoms with van der Waals surface area (Å²) in [6.45, 7) is 4.48. The average Bonchev–Trinajstić information content (AvgIpc) is 3.30. The Balaban J connectivity index is 1.34. The number of hydrogen-bond donors (Lipinski definition) is 3. The SMILES string of the molecule is CC1(c2ccc(C#N)cc2N2CCOCC2)NN/C(=N\C2N=C(c3ccccc3)c3ccccc3NC2=O)O1. The molecule has 3 aliphatic heterocycles. The largest absolute Gasteiger partial charge is 0.437 e. The Morgan fingerprint density at radius 1 is 1.08 bits per heavy atom. The quantitative estimate of drug-likeness (QED) is 0.482. The molecule has 10 nitrogen and oxygen atoms in total. The number of para-hydroxylation sites is 1. The number of hydrogen-bond acceptors (Lipinski definition) is 8. The van der Waals surface area contributed by atoms with Gasteiger partial charge in [-0.1, -0.05) is 54.6 Å². The van der Waals surface area contributed by atoms with Crippen molar-refractivity contribution in [3.63, 3.8) is 0 Å². The highest BCUT2D eigenvalue weighted by atomic mass is 16.6. The minimum Gasteiger partial charge on any atom is -0.437 e.